The van der Waals surface area contributed by atoms with E-state index in [0.29, 0.717) is 6.42 Å². The first-order valence-corrected chi connectivity index (χ1v) is 7.75. The number of hydrogen-bond acceptors (Lipinski definition) is 1. The molecule has 0 amide bonds. The van der Waals surface area contributed by atoms with Crippen LogP contribution in [0.2, 0.25) is 0 Å². The summed E-state index contributed by atoms with van der Waals surface area (Å²) in [6.45, 7) is 4.10. The summed E-state index contributed by atoms with van der Waals surface area (Å²) < 4.78 is 1.97. The molecule has 1 unspecified atom stereocenters. The summed E-state index contributed by atoms with van der Waals surface area (Å²) >= 11 is 7.04. The van der Waals surface area contributed by atoms with Crippen LogP contribution in [0.15, 0.2) is 45.3 Å². The van der Waals surface area contributed by atoms with E-state index < -0.39 is 6.10 Å². The lowest BCUT2D eigenvalue weighted by Crippen LogP contribution is -2.03. The predicted molar refractivity (Wildman–Crippen MR) is 86.4 cm³/mol. The first-order valence-electron chi connectivity index (χ1n) is 6.16. The van der Waals surface area contributed by atoms with Crippen molar-refractivity contribution in [2.24, 2.45) is 0 Å². The molecule has 0 spiro atoms. The van der Waals surface area contributed by atoms with Crippen LogP contribution in [0.4, 0.5) is 0 Å². The van der Waals surface area contributed by atoms with E-state index in [1.165, 1.54) is 5.56 Å². The Kier molecular flexibility index (Phi) is 4.82. The average molecular weight is 384 g/mol. The normalized spacial score (nSPS) is 12.5. The lowest BCUT2D eigenvalue weighted by atomic mass is 10.00. The highest BCUT2D eigenvalue weighted by Crippen LogP contribution is 2.31. The van der Waals surface area contributed by atoms with Gasteiger partial charge in [-0.25, -0.2) is 0 Å². The minimum absolute atomic E-state index is 0.506. The second kappa shape index (κ2) is 6.21. The lowest BCUT2D eigenvalue weighted by Gasteiger charge is -2.15. The van der Waals surface area contributed by atoms with Crippen LogP contribution in [0.3, 0.4) is 0 Å². The topological polar surface area (TPSA) is 20.2 Å². The summed E-state index contributed by atoms with van der Waals surface area (Å²) in [7, 11) is 0. The molecule has 0 aliphatic heterocycles. The molecule has 0 aromatic heterocycles. The van der Waals surface area contributed by atoms with E-state index in [-0.39, 0.29) is 0 Å². The van der Waals surface area contributed by atoms with Crippen LogP contribution in [0.5, 0.6) is 0 Å². The highest BCUT2D eigenvalue weighted by Gasteiger charge is 2.13. The van der Waals surface area contributed by atoms with Crippen molar-refractivity contribution in [2.45, 2.75) is 26.4 Å². The summed E-state index contributed by atoms with van der Waals surface area (Å²) in [6, 6.07) is 12.3. The molecular formula is C16H16Br2O. The third-order valence-corrected chi connectivity index (χ3v) is 4.73. The van der Waals surface area contributed by atoms with Gasteiger partial charge in [0.05, 0.1) is 6.10 Å². The SMILES string of the molecule is Cc1ccc(CC(O)c2cc(Br)c(C)cc2Br)cc1. The van der Waals surface area contributed by atoms with Gasteiger partial charge in [-0.15, -0.1) is 0 Å². The standard InChI is InChI=1S/C16H16Br2O/c1-10-3-5-12(6-4-10)8-16(19)13-9-14(17)11(2)7-15(13)18/h3-7,9,16,19H,8H2,1-2H3. The van der Waals surface area contributed by atoms with E-state index >= 15 is 0 Å². The Bertz CT molecular complexity index is 576. The Morgan fingerprint density at radius 3 is 2.26 bits per heavy atom. The molecule has 1 atom stereocenters. The maximum atomic E-state index is 10.4. The predicted octanol–water partition coefficient (Wildman–Crippen LogP) is 5.10. The van der Waals surface area contributed by atoms with Crippen LogP contribution < -0.4 is 0 Å². The Morgan fingerprint density at radius 1 is 1.00 bits per heavy atom. The molecule has 0 radical (unpaired) electrons. The zero-order valence-corrected chi connectivity index (χ0v) is 14.1. The second-order valence-electron chi connectivity index (χ2n) is 4.83. The van der Waals surface area contributed by atoms with Gasteiger partial charge in [-0.2, -0.15) is 0 Å². The third kappa shape index (κ3) is 3.68. The van der Waals surface area contributed by atoms with Gasteiger partial charge in [0.25, 0.3) is 0 Å². The van der Waals surface area contributed by atoms with Crippen molar-refractivity contribution in [1.82, 2.24) is 0 Å². The molecule has 0 heterocycles. The van der Waals surface area contributed by atoms with E-state index in [2.05, 4.69) is 63.0 Å². The van der Waals surface area contributed by atoms with Gasteiger partial charge < -0.3 is 5.11 Å². The number of rotatable bonds is 3. The number of aryl methyl sites for hydroxylation is 2. The molecule has 0 aliphatic carbocycles. The maximum absolute atomic E-state index is 10.4. The van der Waals surface area contributed by atoms with Crippen molar-refractivity contribution >= 4 is 31.9 Å². The maximum Gasteiger partial charge on any atom is 0.0841 e. The van der Waals surface area contributed by atoms with Gasteiger partial charge in [-0.05, 0) is 42.7 Å². The Balaban J connectivity index is 2.22. The number of hydrogen-bond donors (Lipinski definition) is 1. The molecule has 3 heteroatoms. The molecule has 1 N–H and O–H groups in total. The second-order valence-corrected chi connectivity index (χ2v) is 6.54. The number of halogens is 2. The van der Waals surface area contributed by atoms with E-state index in [0.717, 1.165) is 25.6 Å². The highest BCUT2D eigenvalue weighted by atomic mass is 79.9. The quantitative estimate of drug-likeness (QED) is 0.781. The van der Waals surface area contributed by atoms with Crippen molar-refractivity contribution in [3.63, 3.8) is 0 Å². The van der Waals surface area contributed by atoms with Gasteiger partial charge in [0.1, 0.15) is 0 Å². The number of aliphatic hydroxyl groups excluding tert-OH is 1. The van der Waals surface area contributed by atoms with Gasteiger partial charge in [0.15, 0.2) is 0 Å². The monoisotopic (exact) mass is 382 g/mol. The molecule has 0 bridgehead atoms. The number of benzene rings is 2. The van der Waals surface area contributed by atoms with Crippen molar-refractivity contribution < 1.29 is 5.11 Å². The molecule has 100 valence electrons. The molecule has 0 saturated carbocycles. The number of aliphatic hydroxyl groups is 1. The van der Waals surface area contributed by atoms with Crippen molar-refractivity contribution in [1.29, 1.82) is 0 Å². The van der Waals surface area contributed by atoms with Gasteiger partial charge in [0, 0.05) is 15.4 Å². The van der Waals surface area contributed by atoms with Crippen LogP contribution in [0.25, 0.3) is 0 Å². The Morgan fingerprint density at radius 2 is 1.63 bits per heavy atom. The fourth-order valence-electron chi connectivity index (χ4n) is 1.97. The van der Waals surface area contributed by atoms with Gasteiger partial charge in [0.2, 0.25) is 0 Å². The van der Waals surface area contributed by atoms with Crippen LogP contribution in [0, 0.1) is 13.8 Å². The van der Waals surface area contributed by atoms with Crippen molar-refractivity contribution in [2.75, 3.05) is 0 Å². The molecule has 2 rings (SSSR count). The van der Waals surface area contributed by atoms with Gasteiger partial charge >= 0.3 is 0 Å². The largest absolute Gasteiger partial charge is 0.388 e. The third-order valence-electron chi connectivity index (χ3n) is 3.19. The fraction of sp³-hybridized carbons (Fsp3) is 0.250. The van der Waals surface area contributed by atoms with Crippen LogP contribution in [-0.4, -0.2) is 5.11 Å². The van der Waals surface area contributed by atoms with E-state index in [1.54, 1.807) is 0 Å². The molecular weight excluding hydrogens is 368 g/mol. The smallest absolute Gasteiger partial charge is 0.0841 e. The average Bonchev–Trinajstić information content (AvgIpc) is 2.36. The zero-order valence-electron chi connectivity index (χ0n) is 11.0. The fourth-order valence-corrected chi connectivity index (χ4v) is 3.06. The van der Waals surface area contributed by atoms with E-state index in [1.807, 2.05) is 19.1 Å². The minimum Gasteiger partial charge on any atom is -0.388 e. The molecule has 0 aliphatic rings. The first-order chi connectivity index (χ1) is 8.97. The van der Waals surface area contributed by atoms with E-state index in [4.69, 9.17) is 0 Å². The summed E-state index contributed by atoms with van der Waals surface area (Å²) in [5, 5.41) is 10.4. The van der Waals surface area contributed by atoms with Crippen molar-refractivity contribution in [3.05, 3.63) is 67.6 Å². The molecule has 0 saturated heterocycles. The Labute approximate surface area is 130 Å². The van der Waals surface area contributed by atoms with Crippen LogP contribution in [0.1, 0.15) is 28.4 Å². The summed E-state index contributed by atoms with van der Waals surface area (Å²) in [6.07, 6.45) is 0.114. The van der Waals surface area contributed by atoms with Gasteiger partial charge in [-0.1, -0.05) is 61.7 Å². The first kappa shape index (κ1) is 14.8. The summed E-state index contributed by atoms with van der Waals surface area (Å²) in [4.78, 5) is 0. The lowest BCUT2D eigenvalue weighted by molar-refractivity contribution is 0.177. The highest BCUT2D eigenvalue weighted by molar-refractivity contribution is 9.11. The molecule has 2 aromatic rings. The molecule has 2 aromatic carbocycles. The van der Waals surface area contributed by atoms with Gasteiger partial charge in [-0.3, -0.25) is 0 Å². The molecule has 1 nitrogen and oxygen atoms in total. The van der Waals surface area contributed by atoms with Crippen molar-refractivity contribution in [3.8, 4) is 0 Å². The summed E-state index contributed by atoms with van der Waals surface area (Å²) in [5.41, 5.74) is 4.44. The zero-order chi connectivity index (χ0) is 14.0. The summed E-state index contributed by atoms with van der Waals surface area (Å²) in [5.74, 6) is 0. The van der Waals surface area contributed by atoms with Crippen LogP contribution in [-0.2, 0) is 6.42 Å². The Hall–Kier alpha value is -0.640. The molecule has 0 fully saturated rings. The molecule has 19 heavy (non-hydrogen) atoms. The van der Waals surface area contributed by atoms with Crippen LogP contribution >= 0.6 is 31.9 Å². The minimum atomic E-state index is -0.506. The van der Waals surface area contributed by atoms with E-state index in [9.17, 15) is 5.11 Å².